The quantitative estimate of drug-likeness (QED) is 0.757. The number of hydrogen-bond donors (Lipinski definition) is 1. The van der Waals surface area contributed by atoms with Crippen LogP contribution in [0.2, 0.25) is 0 Å². The van der Waals surface area contributed by atoms with Gasteiger partial charge in [-0.05, 0) is 27.2 Å². The van der Waals surface area contributed by atoms with Crippen LogP contribution in [-0.2, 0) is 0 Å². The molecule has 0 saturated heterocycles. The van der Waals surface area contributed by atoms with Gasteiger partial charge in [0.1, 0.15) is 0 Å². The molecule has 0 aliphatic rings. The Bertz CT molecular complexity index is 320. The zero-order valence-electron chi connectivity index (χ0n) is 11.4. The molecule has 1 rings (SSSR count). The molecule has 0 saturated carbocycles. The number of unbranched alkanes of at least 4 members (excludes halogenated alkanes) is 2. The molecule has 17 heavy (non-hydrogen) atoms. The van der Waals surface area contributed by atoms with E-state index in [0.717, 1.165) is 17.4 Å². The predicted octanol–water partition coefficient (Wildman–Crippen LogP) is 3.57. The molecule has 0 fully saturated rings. The van der Waals surface area contributed by atoms with Crippen molar-refractivity contribution in [2.45, 2.75) is 59.0 Å². The molecule has 0 amide bonds. The first-order valence-electron chi connectivity index (χ1n) is 6.53. The van der Waals surface area contributed by atoms with Gasteiger partial charge >= 0.3 is 0 Å². The molecule has 0 aliphatic carbocycles. The Balaban J connectivity index is 2.68. The Labute approximate surface area is 109 Å². The van der Waals surface area contributed by atoms with Crippen LogP contribution in [0.25, 0.3) is 0 Å². The highest BCUT2D eigenvalue weighted by Crippen LogP contribution is 2.25. The highest BCUT2D eigenvalue weighted by Gasteiger charge is 2.15. The summed E-state index contributed by atoms with van der Waals surface area (Å²) in [6.07, 6.45) is 3.78. The van der Waals surface area contributed by atoms with Crippen LogP contribution < -0.4 is 10.6 Å². The lowest BCUT2D eigenvalue weighted by Gasteiger charge is -2.26. The predicted molar refractivity (Wildman–Crippen MR) is 76.7 cm³/mol. The molecule has 1 atom stereocenters. The Morgan fingerprint density at radius 3 is 2.53 bits per heavy atom. The summed E-state index contributed by atoms with van der Waals surface area (Å²) in [7, 11) is 0. The number of thiazole rings is 1. The molecule has 0 radical (unpaired) electrons. The zero-order valence-corrected chi connectivity index (χ0v) is 12.3. The number of rotatable bonds is 7. The minimum absolute atomic E-state index is 0.0321. The van der Waals surface area contributed by atoms with Crippen molar-refractivity contribution >= 4 is 16.5 Å². The fourth-order valence-electron chi connectivity index (χ4n) is 1.72. The fraction of sp³-hybridized carbons (Fsp3) is 0.769. The molecule has 4 heteroatoms. The molecule has 0 aromatic carbocycles. The van der Waals surface area contributed by atoms with Crippen molar-refractivity contribution in [3.05, 3.63) is 11.1 Å². The minimum atomic E-state index is 0.0321. The highest BCUT2D eigenvalue weighted by atomic mass is 32.1. The van der Waals surface area contributed by atoms with Gasteiger partial charge in [0.15, 0.2) is 5.13 Å². The third-order valence-corrected chi connectivity index (χ3v) is 3.74. The maximum absolute atomic E-state index is 5.85. The summed E-state index contributed by atoms with van der Waals surface area (Å²) in [5.74, 6) is 0. The summed E-state index contributed by atoms with van der Waals surface area (Å²) in [6, 6.07) is 0.531. The van der Waals surface area contributed by atoms with Crippen LogP contribution in [0.1, 0.15) is 58.7 Å². The average Bonchev–Trinajstić information content (AvgIpc) is 2.73. The van der Waals surface area contributed by atoms with Crippen molar-refractivity contribution in [3.8, 4) is 0 Å². The van der Waals surface area contributed by atoms with E-state index in [1.165, 1.54) is 19.3 Å². The van der Waals surface area contributed by atoms with Crippen LogP contribution in [0.5, 0.6) is 0 Å². The molecule has 0 spiro atoms. The summed E-state index contributed by atoms with van der Waals surface area (Å²) in [5.41, 5.74) is 6.86. The molecule has 1 heterocycles. The van der Waals surface area contributed by atoms with E-state index < -0.39 is 0 Å². The Morgan fingerprint density at radius 2 is 2.06 bits per heavy atom. The van der Waals surface area contributed by atoms with Gasteiger partial charge in [-0.2, -0.15) is 0 Å². The largest absolute Gasteiger partial charge is 0.346 e. The zero-order chi connectivity index (χ0) is 12.8. The Kier molecular flexibility index (Phi) is 5.92. The topological polar surface area (TPSA) is 42.2 Å². The van der Waals surface area contributed by atoms with Crippen LogP contribution in [0, 0.1) is 0 Å². The van der Waals surface area contributed by atoms with Crippen molar-refractivity contribution in [1.29, 1.82) is 0 Å². The molecule has 2 N–H and O–H groups in total. The van der Waals surface area contributed by atoms with Gasteiger partial charge < -0.3 is 10.6 Å². The molecular weight excluding hydrogens is 230 g/mol. The lowest BCUT2D eigenvalue weighted by molar-refractivity contribution is 0.622. The van der Waals surface area contributed by atoms with Crippen molar-refractivity contribution in [2.75, 3.05) is 11.4 Å². The maximum atomic E-state index is 5.85. The summed E-state index contributed by atoms with van der Waals surface area (Å²) in [6.45, 7) is 9.75. The van der Waals surface area contributed by atoms with Gasteiger partial charge in [-0.15, -0.1) is 11.3 Å². The van der Waals surface area contributed by atoms with Crippen LogP contribution in [0.4, 0.5) is 5.13 Å². The summed E-state index contributed by atoms with van der Waals surface area (Å²) < 4.78 is 0. The van der Waals surface area contributed by atoms with E-state index in [0.29, 0.717) is 6.04 Å². The second kappa shape index (κ2) is 6.97. The summed E-state index contributed by atoms with van der Waals surface area (Å²) >= 11 is 1.71. The number of anilines is 1. The highest BCUT2D eigenvalue weighted by molar-refractivity contribution is 7.13. The van der Waals surface area contributed by atoms with E-state index in [-0.39, 0.29) is 6.04 Å². The maximum Gasteiger partial charge on any atom is 0.185 e. The van der Waals surface area contributed by atoms with Crippen LogP contribution in [0.3, 0.4) is 0 Å². The van der Waals surface area contributed by atoms with Gasteiger partial charge in [0.25, 0.3) is 0 Å². The van der Waals surface area contributed by atoms with Crippen molar-refractivity contribution in [3.63, 3.8) is 0 Å². The third kappa shape index (κ3) is 4.28. The number of nitrogens with two attached hydrogens (primary N) is 1. The standard InChI is InChI=1S/C13H25N3S/c1-5-6-7-8-16(10(2)3)13-15-12(9-17-13)11(4)14/h9-11H,5-8,14H2,1-4H3. The summed E-state index contributed by atoms with van der Waals surface area (Å²) in [5, 5.41) is 3.19. The van der Waals surface area contributed by atoms with Crippen molar-refractivity contribution in [2.24, 2.45) is 5.73 Å². The Morgan fingerprint density at radius 1 is 1.35 bits per heavy atom. The third-order valence-electron chi connectivity index (χ3n) is 2.85. The van der Waals surface area contributed by atoms with E-state index in [9.17, 15) is 0 Å². The second-order valence-electron chi connectivity index (χ2n) is 4.84. The van der Waals surface area contributed by atoms with Gasteiger partial charge in [-0.3, -0.25) is 0 Å². The van der Waals surface area contributed by atoms with Crippen LogP contribution in [0.15, 0.2) is 5.38 Å². The second-order valence-corrected chi connectivity index (χ2v) is 5.67. The van der Waals surface area contributed by atoms with Crippen molar-refractivity contribution < 1.29 is 0 Å². The van der Waals surface area contributed by atoms with Gasteiger partial charge in [-0.1, -0.05) is 19.8 Å². The van der Waals surface area contributed by atoms with Gasteiger partial charge in [0.05, 0.1) is 5.69 Å². The molecule has 1 unspecified atom stereocenters. The molecule has 0 bridgehead atoms. The lowest BCUT2D eigenvalue weighted by atomic mass is 10.2. The van der Waals surface area contributed by atoms with E-state index in [1.54, 1.807) is 11.3 Å². The molecule has 1 aromatic rings. The van der Waals surface area contributed by atoms with E-state index in [1.807, 2.05) is 6.92 Å². The first kappa shape index (κ1) is 14.5. The normalized spacial score (nSPS) is 13.1. The number of aromatic nitrogens is 1. The van der Waals surface area contributed by atoms with E-state index >= 15 is 0 Å². The Hall–Kier alpha value is -0.610. The first-order chi connectivity index (χ1) is 8.06. The molecular formula is C13H25N3S. The fourth-order valence-corrected chi connectivity index (χ4v) is 2.81. The van der Waals surface area contributed by atoms with Gasteiger partial charge in [0.2, 0.25) is 0 Å². The minimum Gasteiger partial charge on any atom is -0.346 e. The van der Waals surface area contributed by atoms with Crippen molar-refractivity contribution in [1.82, 2.24) is 4.98 Å². The average molecular weight is 255 g/mol. The number of nitrogens with zero attached hydrogens (tertiary/aromatic N) is 2. The molecule has 98 valence electrons. The SMILES string of the molecule is CCCCCN(c1nc(C(C)N)cs1)C(C)C. The van der Waals surface area contributed by atoms with Crippen LogP contribution in [-0.4, -0.2) is 17.6 Å². The molecule has 0 aliphatic heterocycles. The smallest absolute Gasteiger partial charge is 0.185 e. The first-order valence-corrected chi connectivity index (χ1v) is 7.41. The molecule has 1 aromatic heterocycles. The van der Waals surface area contributed by atoms with Gasteiger partial charge in [0, 0.05) is 24.0 Å². The molecule has 3 nitrogen and oxygen atoms in total. The van der Waals surface area contributed by atoms with E-state index in [2.05, 4.69) is 36.0 Å². The lowest BCUT2D eigenvalue weighted by Crippen LogP contribution is -2.31. The van der Waals surface area contributed by atoms with Gasteiger partial charge in [-0.25, -0.2) is 4.98 Å². The summed E-state index contributed by atoms with van der Waals surface area (Å²) in [4.78, 5) is 7.01. The number of hydrogen-bond acceptors (Lipinski definition) is 4. The van der Waals surface area contributed by atoms with Crippen LogP contribution >= 0.6 is 11.3 Å². The van der Waals surface area contributed by atoms with E-state index in [4.69, 9.17) is 5.73 Å². The monoisotopic (exact) mass is 255 g/mol.